The third-order valence-corrected chi connectivity index (χ3v) is 4.79. The van der Waals surface area contributed by atoms with E-state index in [2.05, 4.69) is 19.2 Å². The normalized spacial score (nSPS) is 17.0. The highest BCUT2D eigenvalue weighted by Gasteiger charge is 2.35. The number of hydrogen-bond donors (Lipinski definition) is 1. The van der Waals surface area contributed by atoms with Crippen LogP contribution in [0.2, 0.25) is 0 Å². The van der Waals surface area contributed by atoms with Gasteiger partial charge in [0.25, 0.3) is 0 Å². The highest BCUT2D eigenvalue weighted by Crippen LogP contribution is 2.29. The average Bonchev–Trinajstić information content (AvgIpc) is 3.04. The molecule has 0 spiro atoms. The number of aryl methyl sites for hydroxylation is 2. The van der Waals surface area contributed by atoms with Gasteiger partial charge in [-0.25, -0.2) is 0 Å². The molecule has 0 saturated carbocycles. The summed E-state index contributed by atoms with van der Waals surface area (Å²) in [4.78, 5) is 26.7. The van der Waals surface area contributed by atoms with Gasteiger partial charge in [-0.15, -0.1) is 0 Å². The predicted molar refractivity (Wildman–Crippen MR) is 101 cm³/mol. The Kier molecular flexibility index (Phi) is 5.17. The van der Waals surface area contributed by atoms with Gasteiger partial charge in [-0.3, -0.25) is 9.59 Å². The predicted octanol–water partition coefficient (Wildman–Crippen LogP) is 3.80. The minimum absolute atomic E-state index is 0.0161. The first-order chi connectivity index (χ1) is 12.1. The maximum Gasteiger partial charge on any atom is 0.229 e. The molecular weight excluding hydrogens is 312 g/mol. The van der Waals surface area contributed by atoms with E-state index < -0.39 is 0 Å². The van der Waals surface area contributed by atoms with Gasteiger partial charge in [0.05, 0.1) is 5.92 Å². The number of nitrogens with one attached hydrogen (secondary N) is 1. The average molecular weight is 336 g/mol. The number of para-hydroxylation sites is 1. The molecule has 0 aromatic heterocycles. The zero-order chi connectivity index (χ0) is 17.8. The molecule has 0 aliphatic carbocycles. The van der Waals surface area contributed by atoms with Crippen molar-refractivity contribution >= 4 is 23.2 Å². The van der Waals surface area contributed by atoms with Crippen LogP contribution in [0.4, 0.5) is 11.4 Å². The highest BCUT2D eigenvalue weighted by atomic mass is 16.2. The SMILES string of the molecule is CCc1ccc(NC(=O)C2CC(=O)N(c3ccccc3CC)C2)cc1. The molecule has 4 nitrogen and oxygen atoms in total. The van der Waals surface area contributed by atoms with Crippen LogP contribution in [-0.2, 0) is 22.4 Å². The summed E-state index contributed by atoms with van der Waals surface area (Å²) in [6.07, 6.45) is 2.09. The van der Waals surface area contributed by atoms with Gasteiger partial charge in [-0.1, -0.05) is 44.2 Å². The summed E-state index contributed by atoms with van der Waals surface area (Å²) in [5, 5.41) is 2.94. The van der Waals surface area contributed by atoms with Crippen molar-refractivity contribution in [3.05, 3.63) is 59.7 Å². The molecule has 2 aromatic carbocycles. The lowest BCUT2D eigenvalue weighted by Gasteiger charge is -2.20. The van der Waals surface area contributed by atoms with Gasteiger partial charge >= 0.3 is 0 Å². The molecule has 25 heavy (non-hydrogen) atoms. The molecular formula is C21H24N2O2. The summed E-state index contributed by atoms with van der Waals surface area (Å²) < 4.78 is 0. The van der Waals surface area contributed by atoms with E-state index in [1.807, 2.05) is 48.5 Å². The molecule has 1 unspecified atom stereocenters. The molecule has 3 rings (SSSR count). The first-order valence-electron chi connectivity index (χ1n) is 8.90. The molecule has 1 aliphatic heterocycles. The van der Waals surface area contributed by atoms with Crippen LogP contribution in [0.5, 0.6) is 0 Å². The van der Waals surface area contributed by atoms with Crippen LogP contribution < -0.4 is 10.2 Å². The Labute approximate surface area is 148 Å². The molecule has 1 saturated heterocycles. The topological polar surface area (TPSA) is 49.4 Å². The number of rotatable bonds is 5. The largest absolute Gasteiger partial charge is 0.326 e. The van der Waals surface area contributed by atoms with Crippen molar-refractivity contribution in [2.75, 3.05) is 16.8 Å². The zero-order valence-corrected chi connectivity index (χ0v) is 14.8. The monoisotopic (exact) mass is 336 g/mol. The van der Waals surface area contributed by atoms with Crippen LogP contribution >= 0.6 is 0 Å². The Morgan fingerprint density at radius 3 is 2.48 bits per heavy atom. The summed E-state index contributed by atoms with van der Waals surface area (Å²) >= 11 is 0. The van der Waals surface area contributed by atoms with Gasteiger partial charge in [-0.05, 0) is 42.2 Å². The standard InChI is InChI=1S/C21H24N2O2/c1-3-15-9-11-18(12-10-15)22-21(25)17-13-20(24)23(14-17)19-8-6-5-7-16(19)4-2/h5-12,17H,3-4,13-14H2,1-2H3,(H,22,25). The Hall–Kier alpha value is -2.62. The molecule has 4 heteroatoms. The fourth-order valence-electron chi connectivity index (χ4n) is 3.26. The quantitative estimate of drug-likeness (QED) is 0.903. The number of amides is 2. The van der Waals surface area contributed by atoms with E-state index in [1.165, 1.54) is 5.56 Å². The minimum Gasteiger partial charge on any atom is -0.326 e. The van der Waals surface area contributed by atoms with Crippen LogP contribution in [0.25, 0.3) is 0 Å². The molecule has 0 radical (unpaired) electrons. The second kappa shape index (κ2) is 7.51. The van der Waals surface area contributed by atoms with E-state index in [1.54, 1.807) is 4.90 Å². The molecule has 0 bridgehead atoms. The molecule has 1 N–H and O–H groups in total. The van der Waals surface area contributed by atoms with Crippen molar-refractivity contribution in [1.82, 2.24) is 0 Å². The van der Waals surface area contributed by atoms with Crippen LogP contribution in [0.15, 0.2) is 48.5 Å². The molecule has 1 atom stereocenters. The fourth-order valence-corrected chi connectivity index (χ4v) is 3.26. The third kappa shape index (κ3) is 3.73. The van der Waals surface area contributed by atoms with Crippen molar-refractivity contribution < 1.29 is 9.59 Å². The zero-order valence-electron chi connectivity index (χ0n) is 14.8. The van der Waals surface area contributed by atoms with E-state index in [0.717, 1.165) is 29.8 Å². The van der Waals surface area contributed by atoms with E-state index >= 15 is 0 Å². The number of carbonyl (C=O) groups excluding carboxylic acids is 2. The molecule has 2 amide bonds. The van der Waals surface area contributed by atoms with Gasteiger partial charge < -0.3 is 10.2 Å². The lowest BCUT2D eigenvalue weighted by molar-refractivity contribution is -0.122. The molecule has 1 fully saturated rings. The van der Waals surface area contributed by atoms with Gasteiger partial charge in [0.1, 0.15) is 0 Å². The summed E-state index contributed by atoms with van der Waals surface area (Å²) in [6.45, 7) is 4.61. The Morgan fingerprint density at radius 2 is 1.80 bits per heavy atom. The van der Waals surface area contributed by atoms with Crippen molar-refractivity contribution in [3.63, 3.8) is 0 Å². The fraction of sp³-hybridized carbons (Fsp3) is 0.333. The summed E-state index contributed by atoms with van der Waals surface area (Å²) in [5.41, 5.74) is 4.07. The maximum absolute atomic E-state index is 12.6. The Bertz CT molecular complexity index is 768. The summed E-state index contributed by atoms with van der Waals surface area (Å²) in [5.74, 6) is -0.389. The second-order valence-electron chi connectivity index (χ2n) is 6.43. The van der Waals surface area contributed by atoms with E-state index in [0.29, 0.717) is 6.54 Å². The van der Waals surface area contributed by atoms with Crippen LogP contribution in [0, 0.1) is 5.92 Å². The van der Waals surface area contributed by atoms with E-state index in [9.17, 15) is 9.59 Å². The van der Waals surface area contributed by atoms with Gasteiger partial charge in [-0.2, -0.15) is 0 Å². The number of hydrogen-bond acceptors (Lipinski definition) is 2. The number of benzene rings is 2. The van der Waals surface area contributed by atoms with Crippen molar-refractivity contribution in [3.8, 4) is 0 Å². The van der Waals surface area contributed by atoms with Crippen molar-refractivity contribution in [2.24, 2.45) is 5.92 Å². The van der Waals surface area contributed by atoms with Gasteiger partial charge in [0, 0.05) is 24.3 Å². The number of carbonyl (C=O) groups is 2. The molecule has 1 aliphatic rings. The molecule has 130 valence electrons. The van der Waals surface area contributed by atoms with Gasteiger partial charge in [0.15, 0.2) is 0 Å². The van der Waals surface area contributed by atoms with Gasteiger partial charge in [0.2, 0.25) is 11.8 Å². The van der Waals surface area contributed by atoms with Crippen molar-refractivity contribution in [1.29, 1.82) is 0 Å². The smallest absolute Gasteiger partial charge is 0.229 e. The molecule has 2 aromatic rings. The van der Waals surface area contributed by atoms with Crippen molar-refractivity contribution in [2.45, 2.75) is 33.1 Å². The summed E-state index contributed by atoms with van der Waals surface area (Å²) in [6, 6.07) is 15.8. The third-order valence-electron chi connectivity index (χ3n) is 4.79. The first-order valence-corrected chi connectivity index (χ1v) is 8.90. The second-order valence-corrected chi connectivity index (χ2v) is 6.43. The minimum atomic E-state index is -0.316. The van der Waals surface area contributed by atoms with E-state index in [-0.39, 0.29) is 24.2 Å². The number of nitrogens with zero attached hydrogens (tertiary/aromatic N) is 1. The Balaban J connectivity index is 1.70. The summed E-state index contributed by atoms with van der Waals surface area (Å²) in [7, 11) is 0. The van der Waals surface area contributed by atoms with Crippen LogP contribution in [-0.4, -0.2) is 18.4 Å². The lowest BCUT2D eigenvalue weighted by Crippen LogP contribution is -2.28. The maximum atomic E-state index is 12.6. The molecule has 1 heterocycles. The number of anilines is 2. The highest BCUT2D eigenvalue weighted by molar-refractivity contribution is 6.03. The van der Waals surface area contributed by atoms with E-state index in [4.69, 9.17) is 0 Å². The first kappa shape index (κ1) is 17.2. The van der Waals surface area contributed by atoms with Crippen LogP contribution in [0.1, 0.15) is 31.4 Å². The lowest BCUT2D eigenvalue weighted by atomic mass is 10.1. The van der Waals surface area contributed by atoms with Crippen LogP contribution in [0.3, 0.4) is 0 Å². The Morgan fingerprint density at radius 1 is 1.08 bits per heavy atom.